The molecule has 8 heteroatoms. The van der Waals surface area contributed by atoms with Crippen LogP contribution in [-0.2, 0) is 11.4 Å². The fourth-order valence-electron chi connectivity index (χ4n) is 2.63. The fraction of sp³-hybridized carbons (Fsp3) is 0.0435. The summed E-state index contributed by atoms with van der Waals surface area (Å²) in [5.41, 5.74) is 0.525. The number of anilines is 1. The first-order valence-electron chi connectivity index (χ1n) is 8.92. The Morgan fingerprint density at radius 1 is 1.13 bits per heavy atom. The summed E-state index contributed by atoms with van der Waals surface area (Å²) in [6.45, 7) is -0.0331. The quantitative estimate of drug-likeness (QED) is 0.308. The molecule has 0 unspecified atom stereocenters. The van der Waals surface area contributed by atoms with Gasteiger partial charge < -0.3 is 10.1 Å². The zero-order chi connectivity index (χ0) is 22.4. The molecule has 156 valence electrons. The van der Waals surface area contributed by atoms with Crippen molar-refractivity contribution in [1.82, 2.24) is 0 Å². The highest BCUT2D eigenvalue weighted by Crippen LogP contribution is 2.36. The van der Waals surface area contributed by atoms with Gasteiger partial charge in [0.15, 0.2) is 5.75 Å². The van der Waals surface area contributed by atoms with E-state index in [-0.39, 0.29) is 28.6 Å². The van der Waals surface area contributed by atoms with Gasteiger partial charge in [-0.25, -0.2) is 8.78 Å². The molecule has 0 aliphatic rings. The van der Waals surface area contributed by atoms with E-state index in [0.717, 1.165) is 0 Å². The van der Waals surface area contributed by atoms with Gasteiger partial charge in [-0.05, 0) is 57.9 Å². The van der Waals surface area contributed by atoms with Gasteiger partial charge in [0.1, 0.15) is 29.9 Å². The highest BCUT2D eigenvalue weighted by molar-refractivity contribution is 9.10. The third-order valence-electron chi connectivity index (χ3n) is 4.15. The average Bonchev–Trinajstić information content (AvgIpc) is 2.74. The molecule has 0 bridgehead atoms. The van der Waals surface area contributed by atoms with Gasteiger partial charge >= 0.3 is 0 Å². The van der Waals surface area contributed by atoms with Crippen molar-refractivity contribution in [3.8, 4) is 11.8 Å². The Bertz CT molecular complexity index is 1190. The molecular weight excluding hydrogens is 490 g/mol. The van der Waals surface area contributed by atoms with Crippen LogP contribution in [0.4, 0.5) is 14.5 Å². The lowest BCUT2D eigenvalue weighted by Gasteiger charge is -2.12. The van der Waals surface area contributed by atoms with Crippen LogP contribution in [0.5, 0.6) is 5.75 Å². The van der Waals surface area contributed by atoms with Crippen molar-refractivity contribution in [2.45, 2.75) is 6.61 Å². The molecule has 3 aromatic rings. The summed E-state index contributed by atoms with van der Waals surface area (Å²) in [7, 11) is 0. The number of para-hydroxylation sites is 1. The van der Waals surface area contributed by atoms with Gasteiger partial charge in [-0.3, -0.25) is 4.79 Å². The molecule has 1 amide bonds. The summed E-state index contributed by atoms with van der Waals surface area (Å²) in [4.78, 5) is 12.4. The Hall–Kier alpha value is -3.21. The minimum atomic E-state index is -0.764. The zero-order valence-corrected chi connectivity index (χ0v) is 18.2. The molecule has 3 aromatic carbocycles. The lowest BCUT2D eigenvalue weighted by molar-refractivity contribution is -0.112. The van der Waals surface area contributed by atoms with Crippen LogP contribution in [0.25, 0.3) is 6.08 Å². The maximum Gasteiger partial charge on any atom is 0.266 e. The van der Waals surface area contributed by atoms with Crippen LogP contribution in [0.2, 0.25) is 5.02 Å². The monoisotopic (exact) mass is 502 g/mol. The van der Waals surface area contributed by atoms with E-state index in [1.807, 2.05) is 0 Å². The van der Waals surface area contributed by atoms with Crippen LogP contribution in [0, 0.1) is 23.0 Å². The largest absolute Gasteiger partial charge is 0.486 e. The predicted octanol–water partition coefficient (Wildman–Crippen LogP) is 6.51. The second kappa shape index (κ2) is 10.2. The number of carbonyl (C=O) groups excluding carboxylic acids is 1. The number of halogens is 4. The lowest BCUT2D eigenvalue weighted by atomic mass is 10.1. The molecular formula is C23H14BrClF2N2O2. The van der Waals surface area contributed by atoms with Crippen LogP contribution in [0.3, 0.4) is 0 Å². The first-order chi connectivity index (χ1) is 14.9. The molecule has 0 atom stereocenters. The molecule has 0 aliphatic carbocycles. The molecule has 1 N–H and O–H groups in total. The summed E-state index contributed by atoms with van der Waals surface area (Å²) in [6.07, 6.45) is 1.31. The minimum absolute atomic E-state index is 0.0331. The second-order valence-corrected chi connectivity index (χ2v) is 7.56. The number of ether oxygens (including phenoxy) is 1. The summed E-state index contributed by atoms with van der Waals surface area (Å²) in [6, 6.07) is 16.7. The van der Waals surface area contributed by atoms with Crippen molar-refractivity contribution in [2.75, 3.05) is 5.32 Å². The smallest absolute Gasteiger partial charge is 0.266 e. The number of nitriles is 1. The Balaban J connectivity index is 1.80. The van der Waals surface area contributed by atoms with Crippen LogP contribution >= 0.6 is 27.5 Å². The highest BCUT2D eigenvalue weighted by Gasteiger charge is 2.14. The van der Waals surface area contributed by atoms with E-state index in [1.165, 1.54) is 36.4 Å². The van der Waals surface area contributed by atoms with E-state index in [9.17, 15) is 18.8 Å². The number of hydrogen-bond donors (Lipinski definition) is 1. The van der Waals surface area contributed by atoms with E-state index in [2.05, 4.69) is 21.2 Å². The Morgan fingerprint density at radius 3 is 2.45 bits per heavy atom. The summed E-state index contributed by atoms with van der Waals surface area (Å²) in [5, 5.41) is 11.9. The van der Waals surface area contributed by atoms with E-state index in [0.29, 0.717) is 15.6 Å². The number of rotatable bonds is 6. The first-order valence-corrected chi connectivity index (χ1v) is 10.1. The molecule has 0 aromatic heterocycles. The van der Waals surface area contributed by atoms with Crippen LogP contribution in [-0.4, -0.2) is 5.91 Å². The van der Waals surface area contributed by atoms with Crippen molar-refractivity contribution in [3.63, 3.8) is 0 Å². The van der Waals surface area contributed by atoms with E-state index in [4.69, 9.17) is 16.3 Å². The third kappa shape index (κ3) is 5.69. The zero-order valence-electron chi connectivity index (χ0n) is 15.8. The summed E-state index contributed by atoms with van der Waals surface area (Å²) in [5.74, 6) is -1.49. The summed E-state index contributed by atoms with van der Waals surface area (Å²) < 4.78 is 33.6. The van der Waals surface area contributed by atoms with Crippen LogP contribution < -0.4 is 10.1 Å². The average molecular weight is 504 g/mol. The Morgan fingerprint density at radius 2 is 1.81 bits per heavy atom. The standard InChI is InChI=1S/C23H14BrClF2N2O2/c24-17-10-14(9-16(12-28)23(30)29-21-8-4-3-7-20(21)27)11-18(25)22(17)31-13-15-5-1-2-6-19(15)26/h1-11H,13H2,(H,29,30)/b16-9-. The maximum atomic E-state index is 13.8. The normalized spacial score (nSPS) is 11.0. The number of hydrogen-bond acceptors (Lipinski definition) is 3. The second-order valence-electron chi connectivity index (χ2n) is 6.30. The Kier molecular flexibility index (Phi) is 7.40. The Labute approximate surface area is 190 Å². The molecule has 0 fully saturated rings. The molecule has 0 saturated carbocycles. The van der Waals surface area contributed by atoms with Gasteiger partial charge in [0, 0.05) is 5.56 Å². The van der Waals surface area contributed by atoms with Gasteiger partial charge in [0.25, 0.3) is 5.91 Å². The van der Waals surface area contributed by atoms with Crippen molar-refractivity contribution in [1.29, 1.82) is 5.26 Å². The maximum absolute atomic E-state index is 13.8. The number of amides is 1. The van der Waals surface area contributed by atoms with Crippen LogP contribution in [0.1, 0.15) is 11.1 Å². The molecule has 3 rings (SSSR count). The molecule has 4 nitrogen and oxygen atoms in total. The lowest BCUT2D eigenvalue weighted by Crippen LogP contribution is -2.14. The van der Waals surface area contributed by atoms with Crippen molar-refractivity contribution < 1.29 is 18.3 Å². The molecule has 0 saturated heterocycles. The van der Waals surface area contributed by atoms with E-state index >= 15 is 0 Å². The van der Waals surface area contributed by atoms with Crippen molar-refractivity contribution in [2.24, 2.45) is 0 Å². The fourth-order valence-corrected chi connectivity index (χ4v) is 3.62. The van der Waals surface area contributed by atoms with Crippen molar-refractivity contribution in [3.05, 3.63) is 98.5 Å². The van der Waals surface area contributed by atoms with Gasteiger partial charge in [-0.2, -0.15) is 5.26 Å². The van der Waals surface area contributed by atoms with Gasteiger partial charge in [0.2, 0.25) is 0 Å². The molecule has 0 aliphatic heterocycles. The number of nitrogens with one attached hydrogen (secondary N) is 1. The number of benzene rings is 3. The van der Waals surface area contributed by atoms with Gasteiger partial charge in [-0.1, -0.05) is 41.9 Å². The van der Waals surface area contributed by atoms with E-state index < -0.39 is 17.5 Å². The van der Waals surface area contributed by atoms with Gasteiger partial charge in [-0.15, -0.1) is 0 Å². The third-order valence-corrected chi connectivity index (χ3v) is 5.02. The molecule has 0 spiro atoms. The molecule has 31 heavy (non-hydrogen) atoms. The number of carbonyl (C=O) groups is 1. The topological polar surface area (TPSA) is 62.1 Å². The van der Waals surface area contributed by atoms with Crippen LogP contribution in [0.15, 0.2) is 70.7 Å². The number of nitrogens with zero attached hydrogens (tertiary/aromatic N) is 1. The molecule has 0 radical (unpaired) electrons. The van der Waals surface area contributed by atoms with E-state index in [1.54, 1.807) is 36.4 Å². The van der Waals surface area contributed by atoms with Gasteiger partial charge in [0.05, 0.1) is 15.2 Å². The minimum Gasteiger partial charge on any atom is -0.486 e. The highest BCUT2D eigenvalue weighted by atomic mass is 79.9. The first kappa shape index (κ1) is 22.5. The van der Waals surface area contributed by atoms with Crippen molar-refractivity contribution >= 4 is 45.2 Å². The molecule has 0 heterocycles. The SMILES string of the molecule is N#C/C(=C/c1cc(Cl)c(OCc2ccccc2F)c(Br)c1)C(=O)Nc1ccccc1F. The summed E-state index contributed by atoms with van der Waals surface area (Å²) >= 11 is 9.62. The predicted molar refractivity (Wildman–Crippen MR) is 119 cm³/mol.